The van der Waals surface area contributed by atoms with E-state index in [0.717, 1.165) is 13.0 Å². The van der Waals surface area contributed by atoms with E-state index in [1.807, 2.05) is 0 Å². The Kier molecular flexibility index (Phi) is 6.01. The molecule has 2 aromatic heterocycles. The van der Waals surface area contributed by atoms with E-state index < -0.39 is 42.0 Å². The van der Waals surface area contributed by atoms with Gasteiger partial charge in [0, 0.05) is 10.9 Å². The minimum atomic E-state index is -3.75. The first kappa shape index (κ1) is 24.6. The summed E-state index contributed by atoms with van der Waals surface area (Å²) in [6, 6.07) is 4.70. The number of hydrogen-bond donors (Lipinski definition) is 2. The van der Waals surface area contributed by atoms with Gasteiger partial charge in [-0.2, -0.15) is 8.78 Å². The predicted octanol–water partition coefficient (Wildman–Crippen LogP) is 5.15. The van der Waals surface area contributed by atoms with E-state index in [1.54, 1.807) is 33.2 Å². The Morgan fingerprint density at radius 2 is 1.91 bits per heavy atom. The molecule has 0 spiro atoms. The zero-order valence-corrected chi connectivity index (χ0v) is 20.6. The standard InChI is InChI=1S/C24H28F3N4O2P/c1-13(16-7-6-8-18(21(16)25)24(26,27)23(3,32)15-9-10-15)29-22-17-11-20(34(4,5)33)28-12-19(17)30-14(2)31-22/h6-8,11-13,15,32H,9-10H2,1-5H3,(H,29,30,31)/t13-,23-/m1/s1. The molecule has 1 aromatic carbocycles. The van der Waals surface area contributed by atoms with Crippen LogP contribution in [-0.2, 0) is 10.5 Å². The minimum absolute atomic E-state index is 0.0131. The van der Waals surface area contributed by atoms with Crippen LogP contribution in [0.5, 0.6) is 0 Å². The fraction of sp³-hybridized carbons (Fsp3) is 0.458. The van der Waals surface area contributed by atoms with Crippen LogP contribution in [0, 0.1) is 18.7 Å². The average Bonchev–Trinajstić information content (AvgIpc) is 3.58. The van der Waals surface area contributed by atoms with Crippen LogP contribution < -0.4 is 10.8 Å². The molecule has 34 heavy (non-hydrogen) atoms. The number of fused-ring (bicyclic) bond motifs is 1. The Bertz CT molecular complexity index is 1300. The topological polar surface area (TPSA) is 88.0 Å². The van der Waals surface area contributed by atoms with Crippen molar-refractivity contribution in [2.75, 3.05) is 18.6 Å². The quantitative estimate of drug-likeness (QED) is 0.444. The number of pyridine rings is 1. The Hall–Kier alpha value is -2.51. The van der Waals surface area contributed by atoms with Gasteiger partial charge in [-0.25, -0.2) is 14.4 Å². The highest BCUT2D eigenvalue weighted by Crippen LogP contribution is 2.52. The van der Waals surface area contributed by atoms with Gasteiger partial charge < -0.3 is 15.0 Å². The maximum absolute atomic E-state index is 15.4. The van der Waals surface area contributed by atoms with Crippen molar-refractivity contribution in [1.29, 1.82) is 0 Å². The van der Waals surface area contributed by atoms with E-state index in [-0.39, 0.29) is 5.56 Å². The first-order valence-corrected chi connectivity index (χ1v) is 13.7. The maximum atomic E-state index is 15.4. The van der Waals surface area contributed by atoms with E-state index >= 15 is 13.2 Å². The van der Waals surface area contributed by atoms with Crippen molar-refractivity contribution in [3.63, 3.8) is 0 Å². The number of nitrogens with zero attached hydrogens (tertiary/aromatic N) is 3. The summed E-state index contributed by atoms with van der Waals surface area (Å²) in [5.74, 6) is -4.59. The highest BCUT2D eigenvalue weighted by molar-refractivity contribution is 7.69. The second-order valence-corrected chi connectivity index (χ2v) is 12.8. The molecule has 2 atom stereocenters. The van der Waals surface area contributed by atoms with E-state index in [1.165, 1.54) is 18.3 Å². The molecule has 1 aliphatic carbocycles. The molecule has 0 saturated heterocycles. The van der Waals surface area contributed by atoms with Gasteiger partial charge in [0.25, 0.3) is 0 Å². The summed E-state index contributed by atoms with van der Waals surface area (Å²) in [6.07, 6.45) is 2.49. The summed E-state index contributed by atoms with van der Waals surface area (Å²) in [5.41, 5.74) is -2.23. The van der Waals surface area contributed by atoms with Crippen LogP contribution in [0.1, 0.15) is 49.7 Å². The molecular weight excluding hydrogens is 464 g/mol. The summed E-state index contributed by atoms with van der Waals surface area (Å²) < 4.78 is 58.4. The molecule has 3 aromatic rings. The minimum Gasteiger partial charge on any atom is -0.383 e. The van der Waals surface area contributed by atoms with Gasteiger partial charge >= 0.3 is 5.92 Å². The lowest BCUT2D eigenvalue weighted by Gasteiger charge is -2.34. The molecule has 0 radical (unpaired) electrons. The van der Waals surface area contributed by atoms with Crippen LogP contribution in [0.15, 0.2) is 30.5 Å². The number of rotatable bonds is 7. The summed E-state index contributed by atoms with van der Waals surface area (Å²) in [7, 11) is -2.66. The van der Waals surface area contributed by atoms with Crippen molar-refractivity contribution in [3.05, 3.63) is 53.2 Å². The van der Waals surface area contributed by atoms with Gasteiger partial charge in [-0.3, -0.25) is 4.98 Å². The molecule has 1 aliphatic rings. The third-order valence-electron chi connectivity index (χ3n) is 6.43. The Balaban J connectivity index is 1.73. The summed E-state index contributed by atoms with van der Waals surface area (Å²) >= 11 is 0. The lowest BCUT2D eigenvalue weighted by Crippen LogP contribution is -2.45. The summed E-state index contributed by atoms with van der Waals surface area (Å²) in [5, 5.41) is 14.1. The molecule has 0 aliphatic heterocycles. The molecule has 0 unspecified atom stereocenters. The van der Waals surface area contributed by atoms with E-state index in [0.29, 0.717) is 40.8 Å². The molecule has 10 heteroatoms. The van der Waals surface area contributed by atoms with Gasteiger partial charge in [0.15, 0.2) is 0 Å². The van der Waals surface area contributed by atoms with Gasteiger partial charge in [-0.1, -0.05) is 12.1 Å². The van der Waals surface area contributed by atoms with Crippen molar-refractivity contribution in [2.24, 2.45) is 5.92 Å². The number of aryl methyl sites for hydroxylation is 1. The molecule has 4 rings (SSSR count). The fourth-order valence-corrected chi connectivity index (χ4v) is 4.90. The van der Waals surface area contributed by atoms with Crippen LogP contribution in [0.4, 0.5) is 19.0 Å². The van der Waals surface area contributed by atoms with Gasteiger partial charge in [0.2, 0.25) is 0 Å². The monoisotopic (exact) mass is 492 g/mol. The van der Waals surface area contributed by atoms with Crippen LogP contribution in [0.2, 0.25) is 0 Å². The maximum Gasteiger partial charge on any atom is 0.304 e. The third-order valence-corrected chi connectivity index (χ3v) is 7.77. The predicted molar refractivity (Wildman–Crippen MR) is 127 cm³/mol. The highest BCUT2D eigenvalue weighted by Gasteiger charge is 2.59. The second-order valence-electron chi connectivity index (χ2n) is 9.60. The van der Waals surface area contributed by atoms with Crippen LogP contribution in [-0.4, -0.2) is 39.0 Å². The zero-order chi connectivity index (χ0) is 25.1. The molecule has 1 fully saturated rings. The van der Waals surface area contributed by atoms with Crippen LogP contribution in [0.25, 0.3) is 10.9 Å². The Morgan fingerprint density at radius 3 is 2.53 bits per heavy atom. The SMILES string of the molecule is Cc1nc(N[C@H](C)c2cccc(C(F)(F)[C@](C)(O)C3CC3)c2F)c2cc(P(C)(C)=O)ncc2n1. The van der Waals surface area contributed by atoms with Crippen molar-refractivity contribution < 1.29 is 22.8 Å². The van der Waals surface area contributed by atoms with E-state index in [4.69, 9.17) is 0 Å². The van der Waals surface area contributed by atoms with Gasteiger partial charge in [-0.15, -0.1) is 0 Å². The normalized spacial score (nSPS) is 17.4. The molecule has 0 amide bonds. The molecule has 182 valence electrons. The van der Waals surface area contributed by atoms with E-state index in [9.17, 15) is 9.67 Å². The number of aromatic nitrogens is 3. The number of aliphatic hydroxyl groups is 1. The zero-order valence-electron chi connectivity index (χ0n) is 19.7. The number of alkyl halides is 2. The molecular formula is C24H28F3N4O2P. The van der Waals surface area contributed by atoms with Gasteiger partial charge in [0.1, 0.15) is 35.6 Å². The van der Waals surface area contributed by atoms with Gasteiger partial charge in [0.05, 0.1) is 23.3 Å². The molecule has 2 heterocycles. The van der Waals surface area contributed by atoms with Crippen molar-refractivity contribution in [2.45, 2.75) is 51.2 Å². The lowest BCUT2D eigenvalue weighted by molar-refractivity contribution is -0.191. The Labute approximate surface area is 196 Å². The first-order valence-electron chi connectivity index (χ1n) is 11.1. The highest BCUT2D eigenvalue weighted by atomic mass is 31.2. The van der Waals surface area contributed by atoms with Gasteiger partial charge in [-0.05, 0) is 65.0 Å². The number of benzene rings is 1. The number of nitrogens with one attached hydrogen (secondary N) is 1. The van der Waals surface area contributed by atoms with Crippen LogP contribution in [0.3, 0.4) is 0 Å². The lowest BCUT2D eigenvalue weighted by atomic mass is 9.86. The molecule has 2 N–H and O–H groups in total. The molecule has 0 bridgehead atoms. The number of hydrogen-bond acceptors (Lipinski definition) is 6. The largest absolute Gasteiger partial charge is 0.383 e. The third kappa shape index (κ3) is 4.31. The summed E-state index contributed by atoms with van der Waals surface area (Å²) in [4.78, 5) is 13.0. The van der Waals surface area contributed by atoms with Crippen molar-refractivity contribution in [3.8, 4) is 0 Å². The van der Waals surface area contributed by atoms with Crippen LogP contribution >= 0.6 is 7.14 Å². The first-order chi connectivity index (χ1) is 15.7. The Morgan fingerprint density at radius 1 is 1.24 bits per heavy atom. The second kappa shape index (κ2) is 8.31. The van der Waals surface area contributed by atoms with Crippen molar-refractivity contribution >= 4 is 29.3 Å². The van der Waals surface area contributed by atoms with Crippen molar-refractivity contribution in [1.82, 2.24) is 15.0 Å². The average molecular weight is 492 g/mol. The smallest absolute Gasteiger partial charge is 0.304 e. The molecule has 6 nitrogen and oxygen atoms in total. The summed E-state index contributed by atoms with van der Waals surface area (Å²) in [6.45, 7) is 7.60. The fourth-order valence-electron chi connectivity index (χ4n) is 4.13. The molecule has 1 saturated carbocycles. The van der Waals surface area contributed by atoms with E-state index in [2.05, 4.69) is 20.3 Å². The number of anilines is 1. The number of halogens is 3.